The molecule has 7 nitrogen and oxygen atoms in total. The van der Waals surface area contributed by atoms with E-state index in [1.807, 2.05) is 54.1 Å². The number of thiazole rings is 1. The van der Waals surface area contributed by atoms with Gasteiger partial charge in [0.1, 0.15) is 4.83 Å². The molecule has 5 rings (SSSR count). The van der Waals surface area contributed by atoms with Crippen LogP contribution in [0.25, 0.3) is 32.6 Å². The van der Waals surface area contributed by atoms with Gasteiger partial charge in [0.25, 0.3) is 5.56 Å². The number of amides is 1. The number of hydrogen-bond donors (Lipinski definition) is 1. The van der Waals surface area contributed by atoms with Crippen LogP contribution in [0.2, 0.25) is 0 Å². The minimum Gasteiger partial charge on any atom is -0.302 e. The first-order chi connectivity index (χ1) is 16.1. The normalized spacial score (nSPS) is 11.1. The van der Waals surface area contributed by atoms with Crippen molar-refractivity contribution in [1.82, 2.24) is 19.5 Å². The molecular formula is C24H19N5O2S2. The zero-order valence-corrected chi connectivity index (χ0v) is 19.3. The Labute approximate surface area is 197 Å². The minimum absolute atomic E-state index is 0.138. The number of benzene rings is 1. The van der Waals surface area contributed by atoms with E-state index in [9.17, 15) is 9.59 Å². The lowest BCUT2D eigenvalue weighted by atomic mass is 10.1. The summed E-state index contributed by atoms with van der Waals surface area (Å²) in [6, 6.07) is 11.8. The maximum absolute atomic E-state index is 13.2. The number of aryl methyl sites for hydroxylation is 2. The highest BCUT2D eigenvalue weighted by atomic mass is 32.1. The molecule has 164 valence electrons. The number of anilines is 1. The number of nitrogens with one attached hydrogen (secondary N) is 1. The van der Waals surface area contributed by atoms with Crippen molar-refractivity contribution in [2.24, 2.45) is 0 Å². The first kappa shape index (κ1) is 21.2. The van der Waals surface area contributed by atoms with Crippen LogP contribution in [0, 0.1) is 6.92 Å². The van der Waals surface area contributed by atoms with Crippen LogP contribution in [-0.2, 0) is 11.3 Å². The van der Waals surface area contributed by atoms with Crippen molar-refractivity contribution in [1.29, 1.82) is 0 Å². The molecule has 33 heavy (non-hydrogen) atoms. The number of carbonyl (C=O) groups is 1. The Morgan fingerprint density at radius 3 is 2.73 bits per heavy atom. The SMILES string of the molecule is Cc1ccc(-c2csc3ncn(CCC(=O)Nc4nc(-c5cccnc5)cs4)c(=O)c23)cc1. The number of rotatable bonds is 6. The van der Waals surface area contributed by atoms with E-state index in [1.54, 1.807) is 12.4 Å². The molecule has 0 saturated heterocycles. The van der Waals surface area contributed by atoms with Crippen LogP contribution < -0.4 is 10.9 Å². The Kier molecular flexibility index (Phi) is 5.80. The number of aromatic nitrogens is 4. The van der Waals surface area contributed by atoms with Gasteiger partial charge < -0.3 is 5.32 Å². The lowest BCUT2D eigenvalue weighted by Crippen LogP contribution is -2.23. The van der Waals surface area contributed by atoms with Crippen molar-refractivity contribution < 1.29 is 4.79 Å². The minimum atomic E-state index is -0.210. The van der Waals surface area contributed by atoms with Crippen molar-refractivity contribution in [3.63, 3.8) is 0 Å². The maximum atomic E-state index is 13.2. The third-order valence-corrected chi connectivity index (χ3v) is 6.85. The van der Waals surface area contributed by atoms with E-state index in [4.69, 9.17) is 0 Å². The monoisotopic (exact) mass is 473 g/mol. The number of pyridine rings is 1. The third-order valence-electron chi connectivity index (χ3n) is 5.21. The maximum Gasteiger partial charge on any atom is 0.262 e. The van der Waals surface area contributed by atoms with Crippen molar-refractivity contribution >= 4 is 43.9 Å². The summed E-state index contributed by atoms with van der Waals surface area (Å²) in [6.07, 6.45) is 5.08. The van der Waals surface area contributed by atoms with Gasteiger partial charge in [-0.05, 0) is 24.6 Å². The Morgan fingerprint density at radius 2 is 1.94 bits per heavy atom. The summed E-state index contributed by atoms with van der Waals surface area (Å²) in [5, 5.41) is 7.75. The molecule has 0 aliphatic heterocycles. The van der Waals surface area contributed by atoms with E-state index in [1.165, 1.54) is 33.6 Å². The van der Waals surface area contributed by atoms with Gasteiger partial charge in [-0.1, -0.05) is 29.8 Å². The Bertz CT molecular complexity index is 1490. The summed E-state index contributed by atoms with van der Waals surface area (Å²) in [5.41, 5.74) is 4.52. The summed E-state index contributed by atoms with van der Waals surface area (Å²) < 4.78 is 1.50. The summed E-state index contributed by atoms with van der Waals surface area (Å²) >= 11 is 2.80. The molecule has 0 saturated carbocycles. The molecule has 0 unspecified atom stereocenters. The standard InChI is InChI=1S/C24H19N5O2S2/c1-15-4-6-16(7-5-15)18-12-32-22-21(18)23(31)29(14-26-22)10-8-20(30)28-24-27-19(13-33-24)17-3-2-9-25-11-17/h2-7,9,11-14H,8,10H2,1H3,(H,27,28,30). The van der Waals surface area contributed by atoms with Crippen LogP contribution in [0.15, 0.2) is 70.7 Å². The van der Waals surface area contributed by atoms with Gasteiger partial charge in [0.2, 0.25) is 5.91 Å². The quantitative estimate of drug-likeness (QED) is 0.376. The van der Waals surface area contributed by atoms with Gasteiger partial charge in [0.15, 0.2) is 5.13 Å². The number of hydrogen-bond acceptors (Lipinski definition) is 7. The first-order valence-corrected chi connectivity index (χ1v) is 12.0. The molecule has 0 fully saturated rings. The van der Waals surface area contributed by atoms with E-state index in [0.29, 0.717) is 15.3 Å². The lowest BCUT2D eigenvalue weighted by Gasteiger charge is -2.06. The Morgan fingerprint density at radius 1 is 1.09 bits per heavy atom. The number of fused-ring (bicyclic) bond motifs is 1. The zero-order valence-electron chi connectivity index (χ0n) is 17.7. The van der Waals surface area contributed by atoms with Crippen molar-refractivity contribution in [3.05, 3.63) is 81.8 Å². The molecule has 1 aromatic carbocycles. The Hall–Kier alpha value is -3.69. The van der Waals surface area contributed by atoms with E-state index in [-0.39, 0.29) is 24.4 Å². The highest BCUT2D eigenvalue weighted by Crippen LogP contribution is 2.30. The molecule has 0 bridgehead atoms. The van der Waals surface area contributed by atoms with Gasteiger partial charge in [-0.3, -0.25) is 19.1 Å². The molecular weight excluding hydrogens is 454 g/mol. The second-order valence-electron chi connectivity index (χ2n) is 7.52. The average molecular weight is 474 g/mol. The van der Waals surface area contributed by atoms with Gasteiger partial charge in [-0.15, -0.1) is 22.7 Å². The molecule has 0 aliphatic carbocycles. The van der Waals surface area contributed by atoms with Crippen molar-refractivity contribution in [2.75, 3.05) is 5.32 Å². The Balaban J connectivity index is 1.31. The molecule has 1 amide bonds. The van der Waals surface area contributed by atoms with Gasteiger partial charge in [0, 0.05) is 47.2 Å². The molecule has 0 radical (unpaired) electrons. The predicted octanol–water partition coefficient (Wildman–Crippen LogP) is 4.98. The van der Waals surface area contributed by atoms with Gasteiger partial charge >= 0.3 is 0 Å². The van der Waals surface area contributed by atoms with Crippen LogP contribution in [0.3, 0.4) is 0 Å². The summed E-state index contributed by atoms with van der Waals surface area (Å²) in [7, 11) is 0. The molecule has 0 aliphatic rings. The lowest BCUT2D eigenvalue weighted by molar-refractivity contribution is -0.116. The molecule has 0 atom stereocenters. The van der Waals surface area contributed by atoms with Crippen LogP contribution in [0.4, 0.5) is 5.13 Å². The highest BCUT2D eigenvalue weighted by Gasteiger charge is 2.14. The predicted molar refractivity (Wildman–Crippen MR) is 133 cm³/mol. The third kappa shape index (κ3) is 4.46. The highest BCUT2D eigenvalue weighted by molar-refractivity contribution is 7.17. The molecule has 5 aromatic rings. The van der Waals surface area contributed by atoms with Crippen molar-refractivity contribution in [2.45, 2.75) is 19.9 Å². The first-order valence-electron chi connectivity index (χ1n) is 10.3. The van der Waals surface area contributed by atoms with Crippen LogP contribution >= 0.6 is 22.7 Å². The zero-order chi connectivity index (χ0) is 22.8. The van der Waals surface area contributed by atoms with Crippen LogP contribution in [0.5, 0.6) is 0 Å². The fourth-order valence-corrected chi connectivity index (χ4v) is 5.10. The summed E-state index contributed by atoms with van der Waals surface area (Å²) in [6.45, 7) is 2.26. The largest absolute Gasteiger partial charge is 0.302 e. The van der Waals surface area contributed by atoms with Gasteiger partial charge in [-0.25, -0.2) is 9.97 Å². The van der Waals surface area contributed by atoms with Crippen LogP contribution in [0.1, 0.15) is 12.0 Å². The van der Waals surface area contributed by atoms with Crippen molar-refractivity contribution in [3.8, 4) is 22.4 Å². The molecule has 4 aromatic heterocycles. The summed E-state index contributed by atoms with van der Waals surface area (Å²) in [5.74, 6) is -0.210. The number of nitrogens with zero attached hydrogens (tertiary/aromatic N) is 4. The smallest absolute Gasteiger partial charge is 0.262 e. The number of carbonyl (C=O) groups excluding carboxylic acids is 1. The van der Waals surface area contributed by atoms with Gasteiger partial charge in [0.05, 0.1) is 17.4 Å². The van der Waals surface area contributed by atoms with E-state index < -0.39 is 0 Å². The molecule has 4 heterocycles. The average Bonchev–Trinajstić information content (AvgIpc) is 3.47. The van der Waals surface area contributed by atoms with E-state index in [2.05, 4.69) is 20.3 Å². The topological polar surface area (TPSA) is 89.8 Å². The number of thiophene rings is 1. The fraction of sp³-hybridized carbons (Fsp3) is 0.125. The second kappa shape index (κ2) is 9.05. The van der Waals surface area contributed by atoms with Crippen LogP contribution in [-0.4, -0.2) is 25.4 Å². The molecule has 9 heteroatoms. The molecule has 0 spiro atoms. The summed E-state index contributed by atoms with van der Waals surface area (Å²) in [4.78, 5) is 39.3. The van der Waals surface area contributed by atoms with Gasteiger partial charge in [-0.2, -0.15) is 0 Å². The van der Waals surface area contributed by atoms with E-state index in [0.717, 1.165) is 27.9 Å². The van der Waals surface area contributed by atoms with E-state index >= 15 is 0 Å². The second-order valence-corrected chi connectivity index (χ2v) is 9.23. The fourth-order valence-electron chi connectivity index (χ4n) is 3.45. The molecule has 1 N–H and O–H groups in total.